The van der Waals surface area contributed by atoms with Gasteiger partial charge >= 0.3 is 0 Å². The Morgan fingerprint density at radius 1 is 1.14 bits per heavy atom. The molecule has 2 fully saturated rings. The number of aliphatic imine (C=N–C) groups is 1. The minimum atomic E-state index is -0.294. The molecule has 1 heterocycles. The summed E-state index contributed by atoms with van der Waals surface area (Å²) in [5.74, 6) is 1.99. The van der Waals surface area contributed by atoms with E-state index in [9.17, 15) is 4.79 Å². The van der Waals surface area contributed by atoms with E-state index in [1.165, 1.54) is 38.9 Å². The third-order valence-corrected chi connectivity index (χ3v) is 6.37. The number of nitrogens with zero attached hydrogens (tertiary/aromatic N) is 3. The quantitative estimate of drug-likeness (QED) is 0.359. The fraction of sp³-hybridized carbons (Fsp3) is 0.909. The largest absolute Gasteiger partial charge is 0.357 e. The molecule has 1 aliphatic carbocycles. The average Bonchev–Trinajstić information content (AvgIpc) is 3.16. The van der Waals surface area contributed by atoms with Crippen molar-refractivity contribution in [1.29, 1.82) is 0 Å². The minimum Gasteiger partial charge on any atom is -0.357 e. The molecule has 6 heteroatoms. The van der Waals surface area contributed by atoms with Crippen LogP contribution in [0.5, 0.6) is 0 Å². The predicted molar refractivity (Wildman–Crippen MR) is 118 cm³/mol. The molecule has 0 bridgehead atoms. The van der Waals surface area contributed by atoms with Crippen molar-refractivity contribution in [1.82, 2.24) is 20.4 Å². The first-order valence-electron chi connectivity index (χ1n) is 11.4. The summed E-state index contributed by atoms with van der Waals surface area (Å²) in [5.41, 5.74) is -0.294. The Hall–Kier alpha value is -1.30. The van der Waals surface area contributed by atoms with Crippen LogP contribution in [-0.2, 0) is 4.79 Å². The average molecular weight is 394 g/mol. The van der Waals surface area contributed by atoms with E-state index in [0.717, 1.165) is 57.1 Å². The van der Waals surface area contributed by atoms with Gasteiger partial charge in [0, 0.05) is 27.2 Å². The van der Waals surface area contributed by atoms with Crippen molar-refractivity contribution in [3.8, 4) is 0 Å². The second-order valence-electron chi connectivity index (χ2n) is 9.04. The first kappa shape index (κ1) is 23.0. The van der Waals surface area contributed by atoms with E-state index in [2.05, 4.69) is 29.4 Å². The van der Waals surface area contributed by atoms with Gasteiger partial charge in [0.1, 0.15) is 0 Å². The molecule has 1 amide bonds. The number of rotatable bonds is 9. The van der Waals surface area contributed by atoms with Crippen LogP contribution in [0.25, 0.3) is 0 Å². The molecule has 1 saturated heterocycles. The van der Waals surface area contributed by atoms with E-state index in [1.807, 2.05) is 14.1 Å². The van der Waals surface area contributed by atoms with E-state index in [-0.39, 0.29) is 11.3 Å². The number of amides is 1. The fourth-order valence-electron chi connectivity index (χ4n) is 4.49. The summed E-state index contributed by atoms with van der Waals surface area (Å²) in [7, 11) is 3.72. The highest BCUT2D eigenvalue weighted by Gasteiger charge is 2.42. The highest BCUT2D eigenvalue weighted by atomic mass is 16.2. The molecule has 28 heavy (non-hydrogen) atoms. The van der Waals surface area contributed by atoms with Crippen LogP contribution in [-0.4, -0.2) is 75.0 Å². The Labute approximate surface area is 172 Å². The zero-order valence-corrected chi connectivity index (χ0v) is 18.7. The summed E-state index contributed by atoms with van der Waals surface area (Å²) in [6.07, 6.45) is 9.26. The van der Waals surface area contributed by atoms with Gasteiger partial charge in [-0.1, -0.05) is 19.8 Å². The Bertz CT molecular complexity index is 491. The molecule has 2 aliphatic rings. The van der Waals surface area contributed by atoms with Crippen LogP contribution in [0.2, 0.25) is 0 Å². The Morgan fingerprint density at radius 3 is 2.43 bits per heavy atom. The second kappa shape index (κ2) is 11.6. The SMILES string of the molecule is CCNC(=NCC1(C(=O)N(C)C)CCCC1)NCCCCN1CCC(C)CC1. The van der Waals surface area contributed by atoms with Gasteiger partial charge in [-0.15, -0.1) is 0 Å². The van der Waals surface area contributed by atoms with Crippen molar-refractivity contribution >= 4 is 11.9 Å². The third-order valence-electron chi connectivity index (χ3n) is 6.37. The lowest BCUT2D eigenvalue weighted by molar-refractivity contribution is -0.138. The molecule has 2 N–H and O–H groups in total. The van der Waals surface area contributed by atoms with E-state index >= 15 is 0 Å². The van der Waals surface area contributed by atoms with Crippen molar-refractivity contribution in [2.75, 3.05) is 53.4 Å². The molecular formula is C22H43N5O. The van der Waals surface area contributed by atoms with E-state index in [1.54, 1.807) is 4.90 Å². The van der Waals surface area contributed by atoms with Gasteiger partial charge in [-0.3, -0.25) is 9.79 Å². The number of piperidine rings is 1. The van der Waals surface area contributed by atoms with E-state index in [0.29, 0.717) is 6.54 Å². The number of carbonyl (C=O) groups excluding carboxylic acids is 1. The molecule has 0 aromatic rings. The molecule has 162 valence electrons. The van der Waals surface area contributed by atoms with Crippen molar-refractivity contribution in [3.05, 3.63) is 0 Å². The maximum absolute atomic E-state index is 12.7. The fourth-order valence-corrected chi connectivity index (χ4v) is 4.49. The Balaban J connectivity index is 1.76. The van der Waals surface area contributed by atoms with E-state index < -0.39 is 0 Å². The molecule has 0 atom stereocenters. The van der Waals surface area contributed by atoms with Gasteiger partial charge < -0.3 is 20.4 Å². The van der Waals surface area contributed by atoms with Gasteiger partial charge in [0.25, 0.3) is 0 Å². The maximum atomic E-state index is 12.7. The van der Waals surface area contributed by atoms with Crippen molar-refractivity contribution in [3.63, 3.8) is 0 Å². The Kier molecular flexibility index (Phi) is 9.56. The zero-order valence-electron chi connectivity index (χ0n) is 18.7. The number of nitrogens with one attached hydrogen (secondary N) is 2. The second-order valence-corrected chi connectivity index (χ2v) is 9.04. The summed E-state index contributed by atoms with van der Waals surface area (Å²) in [6.45, 7) is 10.6. The molecule has 0 aromatic carbocycles. The predicted octanol–water partition coefficient (Wildman–Crippen LogP) is 2.70. The molecule has 2 rings (SSSR count). The first-order valence-corrected chi connectivity index (χ1v) is 11.4. The van der Waals surface area contributed by atoms with Gasteiger partial charge in [0.15, 0.2) is 5.96 Å². The molecule has 6 nitrogen and oxygen atoms in total. The molecule has 0 spiro atoms. The molecule has 1 aliphatic heterocycles. The molecule has 0 unspecified atom stereocenters. The third kappa shape index (κ3) is 6.94. The van der Waals surface area contributed by atoms with Crippen LogP contribution < -0.4 is 10.6 Å². The number of hydrogen-bond donors (Lipinski definition) is 2. The summed E-state index contributed by atoms with van der Waals surface area (Å²) in [5, 5.41) is 6.81. The zero-order chi connectivity index (χ0) is 20.4. The standard InChI is InChI=1S/C22H43N5O/c1-5-23-21(24-14-8-9-15-27-16-10-19(2)11-17-27)25-18-22(12-6-7-13-22)20(28)26(3)4/h19H,5-18H2,1-4H3,(H2,23,24,25). The first-order chi connectivity index (χ1) is 13.5. The topological polar surface area (TPSA) is 60.0 Å². The number of guanidine groups is 1. The van der Waals surface area contributed by atoms with Gasteiger partial charge in [-0.25, -0.2) is 0 Å². The molecule has 1 saturated carbocycles. The van der Waals surface area contributed by atoms with Crippen LogP contribution >= 0.6 is 0 Å². The van der Waals surface area contributed by atoms with Gasteiger partial charge in [-0.05, 0) is 71.0 Å². The van der Waals surface area contributed by atoms with Crippen LogP contribution in [0, 0.1) is 11.3 Å². The summed E-state index contributed by atoms with van der Waals surface area (Å²) >= 11 is 0. The lowest BCUT2D eigenvalue weighted by Crippen LogP contribution is -2.43. The van der Waals surface area contributed by atoms with Crippen molar-refractivity contribution in [2.24, 2.45) is 16.3 Å². The summed E-state index contributed by atoms with van der Waals surface area (Å²) < 4.78 is 0. The number of unbranched alkanes of at least 4 members (excludes halogenated alkanes) is 1. The van der Waals surface area contributed by atoms with Crippen LogP contribution in [0.3, 0.4) is 0 Å². The van der Waals surface area contributed by atoms with E-state index in [4.69, 9.17) is 4.99 Å². The highest BCUT2D eigenvalue weighted by molar-refractivity contribution is 5.84. The smallest absolute Gasteiger partial charge is 0.230 e. The van der Waals surface area contributed by atoms with Gasteiger partial charge in [0.2, 0.25) is 5.91 Å². The normalized spacial score (nSPS) is 20.9. The van der Waals surface area contributed by atoms with Crippen molar-refractivity contribution < 1.29 is 4.79 Å². The van der Waals surface area contributed by atoms with Crippen molar-refractivity contribution in [2.45, 2.75) is 65.2 Å². The lowest BCUT2D eigenvalue weighted by atomic mass is 9.85. The lowest BCUT2D eigenvalue weighted by Gasteiger charge is -2.30. The van der Waals surface area contributed by atoms with Gasteiger partial charge in [0.05, 0.1) is 12.0 Å². The van der Waals surface area contributed by atoms with Gasteiger partial charge in [-0.2, -0.15) is 0 Å². The highest BCUT2D eigenvalue weighted by Crippen LogP contribution is 2.39. The van der Waals surface area contributed by atoms with Crippen LogP contribution in [0.4, 0.5) is 0 Å². The monoisotopic (exact) mass is 393 g/mol. The van der Waals surface area contributed by atoms with Crippen LogP contribution in [0.1, 0.15) is 65.2 Å². The minimum absolute atomic E-state index is 0.237. The number of carbonyl (C=O) groups is 1. The summed E-state index contributed by atoms with van der Waals surface area (Å²) in [6, 6.07) is 0. The number of hydrogen-bond acceptors (Lipinski definition) is 3. The molecule has 0 aromatic heterocycles. The van der Waals surface area contributed by atoms with Crippen LogP contribution in [0.15, 0.2) is 4.99 Å². The number of likely N-dealkylation sites (tertiary alicyclic amines) is 1. The summed E-state index contributed by atoms with van der Waals surface area (Å²) in [4.78, 5) is 21.9. The maximum Gasteiger partial charge on any atom is 0.230 e. The molecular weight excluding hydrogens is 350 g/mol. The molecule has 0 radical (unpaired) electrons. The Morgan fingerprint density at radius 2 is 1.82 bits per heavy atom.